The summed E-state index contributed by atoms with van der Waals surface area (Å²) >= 11 is 0. The maximum atomic E-state index is 2.60. The van der Waals surface area contributed by atoms with E-state index in [0.29, 0.717) is 0 Å². The first-order valence-electron chi connectivity index (χ1n) is 13.7. The van der Waals surface area contributed by atoms with Crippen LogP contribution in [-0.2, 0) is 0 Å². The lowest BCUT2D eigenvalue weighted by atomic mass is 10.4. The van der Waals surface area contributed by atoms with Crippen molar-refractivity contribution in [3.05, 3.63) is 194 Å². The zero-order chi connectivity index (χ0) is 27.1. The van der Waals surface area contributed by atoms with E-state index in [4.69, 9.17) is 0 Å². The smallest absolute Gasteiger partial charge is 0.114 e. The van der Waals surface area contributed by atoms with Crippen molar-refractivity contribution in [2.24, 2.45) is 0 Å². The SMILES string of the molecule is Br.Br.C(=C\[P+](c1ccccc1)(c1ccccc1)c1ccccc1)/[P+](c1ccccc1)(c1ccccc1)c1ccccc1. The molecule has 0 saturated heterocycles. The Balaban J connectivity index is 0.00000202. The lowest BCUT2D eigenvalue weighted by Crippen LogP contribution is -2.32. The molecule has 0 aromatic heterocycles. The van der Waals surface area contributed by atoms with Crippen LogP contribution < -0.4 is 31.8 Å². The molecule has 0 aliphatic carbocycles. The van der Waals surface area contributed by atoms with Crippen LogP contribution in [0.4, 0.5) is 0 Å². The minimum atomic E-state index is -2.16. The average molecular weight is 712 g/mol. The third-order valence-corrected chi connectivity index (χ3v) is 15.6. The van der Waals surface area contributed by atoms with Gasteiger partial charge in [0, 0.05) is 0 Å². The number of rotatable bonds is 8. The van der Waals surface area contributed by atoms with E-state index in [9.17, 15) is 0 Å². The molecule has 0 bridgehead atoms. The van der Waals surface area contributed by atoms with Crippen molar-refractivity contribution in [1.82, 2.24) is 0 Å². The molecule has 0 heterocycles. The molecule has 0 fully saturated rings. The van der Waals surface area contributed by atoms with E-state index in [1.165, 1.54) is 31.8 Å². The summed E-state index contributed by atoms with van der Waals surface area (Å²) in [7, 11) is -4.33. The first-order chi connectivity index (χ1) is 19.8. The summed E-state index contributed by atoms with van der Waals surface area (Å²) in [6, 6.07) is 66.6. The lowest BCUT2D eigenvalue weighted by molar-refractivity contribution is 1.72. The number of hydrogen-bond donors (Lipinski definition) is 0. The molecule has 42 heavy (non-hydrogen) atoms. The van der Waals surface area contributed by atoms with Crippen LogP contribution in [0.3, 0.4) is 0 Å². The average Bonchev–Trinajstić information content (AvgIpc) is 3.06. The molecule has 0 nitrogen and oxygen atoms in total. The molecule has 0 aliphatic rings. The van der Waals surface area contributed by atoms with Gasteiger partial charge >= 0.3 is 0 Å². The molecule has 0 N–H and O–H groups in total. The fourth-order valence-electron chi connectivity index (χ4n) is 5.59. The van der Waals surface area contributed by atoms with Crippen molar-refractivity contribution < 1.29 is 0 Å². The van der Waals surface area contributed by atoms with Gasteiger partial charge in [-0.1, -0.05) is 109 Å². The van der Waals surface area contributed by atoms with E-state index in [2.05, 4.69) is 194 Å². The fraction of sp³-hybridized carbons (Fsp3) is 0. The van der Waals surface area contributed by atoms with E-state index in [1.807, 2.05) is 0 Å². The van der Waals surface area contributed by atoms with Crippen LogP contribution in [0.2, 0.25) is 0 Å². The first-order valence-corrected chi connectivity index (χ1v) is 17.4. The number of benzene rings is 6. The van der Waals surface area contributed by atoms with Gasteiger partial charge in [0.1, 0.15) is 58.0 Å². The number of halogens is 2. The van der Waals surface area contributed by atoms with Gasteiger partial charge < -0.3 is 0 Å². The van der Waals surface area contributed by atoms with E-state index in [1.54, 1.807) is 0 Å². The third-order valence-electron chi connectivity index (χ3n) is 7.49. The standard InChI is InChI=1S/C38H32P2.2BrH/c1-7-19-33(20-8-1)39(34-21-9-2-10-22-34,35-23-11-3-12-24-35)31-32-40(36-25-13-4-14-26-36,37-27-15-5-16-28-37)38-29-17-6-18-30-38;;/h1-32H;2*1H/q+2;;/b32-31+;;. The summed E-state index contributed by atoms with van der Waals surface area (Å²) in [5.74, 6) is 5.21. The number of hydrogen-bond acceptors (Lipinski definition) is 0. The topological polar surface area (TPSA) is 0 Å². The van der Waals surface area contributed by atoms with Gasteiger partial charge in [0.25, 0.3) is 0 Å². The van der Waals surface area contributed by atoms with Crippen molar-refractivity contribution >= 4 is 80.3 Å². The molecule has 0 amide bonds. The lowest BCUT2D eigenvalue weighted by Gasteiger charge is -2.27. The molecule has 6 aromatic rings. The minimum Gasteiger partial charge on any atom is -0.114 e. The predicted molar refractivity (Wildman–Crippen MR) is 200 cm³/mol. The second-order valence-electron chi connectivity index (χ2n) is 9.76. The van der Waals surface area contributed by atoms with Gasteiger partial charge in [0.05, 0.1) is 0 Å². The minimum absolute atomic E-state index is 0. The summed E-state index contributed by atoms with van der Waals surface area (Å²) in [5.41, 5.74) is 0. The Bertz CT molecular complexity index is 1340. The van der Waals surface area contributed by atoms with Crippen molar-refractivity contribution in [2.45, 2.75) is 0 Å². The van der Waals surface area contributed by atoms with Crippen LogP contribution in [-0.4, -0.2) is 0 Å². The van der Waals surface area contributed by atoms with Crippen LogP contribution in [0.1, 0.15) is 0 Å². The second kappa shape index (κ2) is 14.9. The Morgan fingerprint density at radius 2 is 0.381 bits per heavy atom. The van der Waals surface area contributed by atoms with Crippen molar-refractivity contribution in [1.29, 1.82) is 0 Å². The molecule has 0 atom stereocenters. The van der Waals surface area contributed by atoms with E-state index < -0.39 is 14.5 Å². The Morgan fingerprint density at radius 1 is 0.238 bits per heavy atom. The predicted octanol–water partition coefficient (Wildman–Crippen LogP) is 8.60. The highest BCUT2D eigenvalue weighted by Crippen LogP contribution is 2.63. The normalized spacial score (nSPS) is 11.3. The van der Waals surface area contributed by atoms with Gasteiger partial charge in [-0.2, -0.15) is 0 Å². The van der Waals surface area contributed by atoms with Crippen LogP contribution >= 0.6 is 48.5 Å². The second-order valence-corrected chi connectivity index (χ2v) is 16.3. The van der Waals surface area contributed by atoms with Crippen molar-refractivity contribution in [3.8, 4) is 0 Å². The molecule has 4 heteroatoms. The Kier molecular flexibility index (Phi) is 11.3. The van der Waals surface area contributed by atoms with Crippen molar-refractivity contribution in [2.75, 3.05) is 0 Å². The van der Waals surface area contributed by atoms with Gasteiger partial charge in [0.15, 0.2) is 0 Å². The largest absolute Gasteiger partial charge is 0.140 e. The Hall–Kier alpha value is -3.12. The van der Waals surface area contributed by atoms with Crippen LogP contribution in [0.15, 0.2) is 194 Å². The highest BCUT2D eigenvalue weighted by atomic mass is 79.9. The first kappa shape index (κ1) is 31.8. The summed E-state index contributed by atoms with van der Waals surface area (Å²) in [5, 5.41) is 8.14. The quantitative estimate of drug-likeness (QED) is 0.139. The molecule has 6 rings (SSSR count). The highest BCUT2D eigenvalue weighted by Gasteiger charge is 2.49. The molecule has 0 saturated carbocycles. The summed E-state index contributed by atoms with van der Waals surface area (Å²) in [6.07, 6.45) is 0. The van der Waals surface area contributed by atoms with Gasteiger partial charge in [0.2, 0.25) is 0 Å². The Morgan fingerprint density at radius 3 is 0.524 bits per heavy atom. The zero-order valence-corrected chi connectivity index (χ0v) is 28.4. The monoisotopic (exact) mass is 710 g/mol. The van der Waals surface area contributed by atoms with Crippen LogP contribution in [0.5, 0.6) is 0 Å². The van der Waals surface area contributed by atoms with Crippen molar-refractivity contribution in [3.63, 3.8) is 0 Å². The molecule has 0 spiro atoms. The zero-order valence-electron chi connectivity index (χ0n) is 23.2. The maximum Gasteiger partial charge on any atom is 0.140 e. The molecular weight excluding hydrogens is 678 g/mol. The van der Waals surface area contributed by atoms with Gasteiger partial charge in [-0.15, -0.1) is 34.0 Å². The highest BCUT2D eigenvalue weighted by molar-refractivity contribution is 8.93. The molecule has 0 aliphatic heterocycles. The summed E-state index contributed by atoms with van der Waals surface area (Å²) in [6.45, 7) is 0. The van der Waals surface area contributed by atoms with Gasteiger partial charge in [-0.05, 0) is 72.8 Å². The molecule has 6 aromatic carbocycles. The molecule has 208 valence electrons. The van der Waals surface area contributed by atoms with E-state index in [-0.39, 0.29) is 34.0 Å². The van der Waals surface area contributed by atoms with Crippen LogP contribution in [0.25, 0.3) is 0 Å². The van der Waals surface area contributed by atoms with E-state index in [0.717, 1.165) is 0 Å². The summed E-state index contributed by atoms with van der Waals surface area (Å²) < 4.78 is 0. The fourth-order valence-corrected chi connectivity index (χ4v) is 13.9. The van der Waals surface area contributed by atoms with Gasteiger partial charge in [-0.3, -0.25) is 0 Å². The Labute approximate surface area is 272 Å². The molecular formula is C38H34Br2P2+2. The van der Waals surface area contributed by atoms with E-state index >= 15 is 0 Å². The summed E-state index contributed by atoms with van der Waals surface area (Å²) in [4.78, 5) is 0. The third kappa shape index (κ3) is 6.15. The van der Waals surface area contributed by atoms with Gasteiger partial charge in [-0.25, -0.2) is 0 Å². The van der Waals surface area contributed by atoms with Crippen LogP contribution in [0, 0.1) is 0 Å². The maximum absolute atomic E-state index is 2.60. The molecule has 0 radical (unpaired) electrons. The molecule has 0 unspecified atom stereocenters.